The molecule has 2 rings (SSSR count). The quantitative estimate of drug-likeness (QED) is 0.874. The fourth-order valence-corrected chi connectivity index (χ4v) is 1.76. The Balaban J connectivity index is 2.00. The molecule has 0 aliphatic rings. The van der Waals surface area contributed by atoms with Crippen LogP contribution >= 0.6 is 0 Å². The van der Waals surface area contributed by atoms with Gasteiger partial charge in [-0.25, -0.2) is 0 Å². The molecule has 0 aromatic heterocycles. The first kappa shape index (κ1) is 13.9. The zero-order chi connectivity index (χ0) is 14.4. The van der Waals surface area contributed by atoms with Crippen LogP contribution in [0, 0.1) is 0 Å². The zero-order valence-electron chi connectivity index (χ0n) is 11.2. The van der Waals surface area contributed by atoms with Crippen molar-refractivity contribution in [2.45, 2.75) is 13.3 Å². The topological polar surface area (TPSA) is 55.8 Å². The molecular formula is C16H16O4. The third-order valence-electron chi connectivity index (χ3n) is 2.65. The molecule has 0 bridgehead atoms. The van der Waals surface area contributed by atoms with Crippen molar-refractivity contribution in [3.63, 3.8) is 0 Å². The van der Waals surface area contributed by atoms with Crippen molar-refractivity contribution in [1.29, 1.82) is 0 Å². The van der Waals surface area contributed by atoms with Gasteiger partial charge in [0.1, 0.15) is 17.2 Å². The summed E-state index contributed by atoms with van der Waals surface area (Å²) < 4.78 is 11.0. The van der Waals surface area contributed by atoms with Crippen LogP contribution in [0.15, 0.2) is 48.5 Å². The van der Waals surface area contributed by atoms with Gasteiger partial charge in [0.25, 0.3) is 0 Å². The van der Waals surface area contributed by atoms with Crippen molar-refractivity contribution in [3.8, 4) is 17.2 Å². The molecule has 0 saturated heterocycles. The van der Waals surface area contributed by atoms with Crippen molar-refractivity contribution in [3.05, 3.63) is 54.1 Å². The van der Waals surface area contributed by atoms with E-state index in [4.69, 9.17) is 14.6 Å². The summed E-state index contributed by atoms with van der Waals surface area (Å²) in [5, 5.41) is 8.70. The van der Waals surface area contributed by atoms with Gasteiger partial charge in [0, 0.05) is 0 Å². The molecule has 0 heterocycles. The minimum absolute atomic E-state index is 0.0172. The summed E-state index contributed by atoms with van der Waals surface area (Å²) in [7, 11) is 0. The van der Waals surface area contributed by atoms with Crippen LogP contribution in [-0.2, 0) is 11.2 Å². The highest BCUT2D eigenvalue weighted by molar-refractivity contribution is 5.70. The number of benzene rings is 2. The van der Waals surface area contributed by atoms with Crippen LogP contribution in [0.3, 0.4) is 0 Å². The number of hydrogen-bond donors (Lipinski definition) is 1. The van der Waals surface area contributed by atoms with Crippen LogP contribution in [0.25, 0.3) is 0 Å². The molecule has 0 unspecified atom stereocenters. The first-order valence-electron chi connectivity index (χ1n) is 6.39. The molecule has 20 heavy (non-hydrogen) atoms. The van der Waals surface area contributed by atoms with Gasteiger partial charge in [-0.05, 0) is 48.9 Å². The largest absolute Gasteiger partial charge is 0.494 e. The Morgan fingerprint density at radius 3 is 1.95 bits per heavy atom. The second-order valence-electron chi connectivity index (χ2n) is 4.22. The lowest BCUT2D eigenvalue weighted by atomic mass is 10.1. The van der Waals surface area contributed by atoms with E-state index in [0.29, 0.717) is 18.1 Å². The number of hydrogen-bond acceptors (Lipinski definition) is 3. The molecule has 0 radical (unpaired) electrons. The first-order valence-corrected chi connectivity index (χ1v) is 6.39. The van der Waals surface area contributed by atoms with Gasteiger partial charge in [-0.2, -0.15) is 0 Å². The monoisotopic (exact) mass is 272 g/mol. The summed E-state index contributed by atoms with van der Waals surface area (Å²) in [6.45, 7) is 2.56. The lowest BCUT2D eigenvalue weighted by molar-refractivity contribution is -0.136. The molecule has 4 heteroatoms. The second kappa shape index (κ2) is 6.61. The van der Waals surface area contributed by atoms with Crippen molar-refractivity contribution < 1.29 is 19.4 Å². The van der Waals surface area contributed by atoms with Gasteiger partial charge in [-0.15, -0.1) is 0 Å². The molecule has 4 nitrogen and oxygen atoms in total. The van der Waals surface area contributed by atoms with Crippen LogP contribution in [0.4, 0.5) is 0 Å². The van der Waals surface area contributed by atoms with Crippen LogP contribution in [-0.4, -0.2) is 17.7 Å². The molecule has 0 spiro atoms. The summed E-state index contributed by atoms with van der Waals surface area (Å²) in [6, 6.07) is 14.4. The molecule has 0 atom stereocenters. The Bertz CT molecular complexity index is 558. The SMILES string of the molecule is CCOc1ccc(Oc2ccc(CC(=O)O)cc2)cc1. The number of ether oxygens (including phenoxy) is 2. The average Bonchev–Trinajstić information content (AvgIpc) is 2.43. The van der Waals surface area contributed by atoms with E-state index in [1.54, 1.807) is 24.3 Å². The van der Waals surface area contributed by atoms with Gasteiger partial charge >= 0.3 is 5.97 Å². The smallest absolute Gasteiger partial charge is 0.307 e. The van der Waals surface area contributed by atoms with Crippen molar-refractivity contribution in [1.82, 2.24) is 0 Å². The third kappa shape index (κ3) is 4.02. The maximum absolute atomic E-state index is 10.6. The fourth-order valence-electron chi connectivity index (χ4n) is 1.76. The van der Waals surface area contributed by atoms with Gasteiger partial charge < -0.3 is 14.6 Å². The zero-order valence-corrected chi connectivity index (χ0v) is 11.2. The summed E-state index contributed by atoms with van der Waals surface area (Å²) in [4.78, 5) is 10.6. The van der Waals surface area contributed by atoms with E-state index in [1.165, 1.54) is 0 Å². The predicted molar refractivity (Wildman–Crippen MR) is 75.5 cm³/mol. The minimum Gasteiger partial charge on any atom is -0.494 e. The van der Waals surface area contributed by atoms with Crippen molar-refractivity contribution in [2.24, 2.45) is 0 Å². The maximum atomic E-state index is 10.6. The summed E-state index contributed by atoms with van der Waals surface area (Å²) in [6.07, 6.45) is 0.0172. The number of rotatable bonds is 6. The Morgan fingerprint density at radius 1 is 0.950 bits per heavy atom. The van der Waals surface area contributed by atoms with Gasteiger partial charge in [0.2, 0.25) is 0 Å². The van der Waals surface area contributed by atoms with Gasteiger partial charge in [-0.1, -0.05) is 12.1 Å². The van der Waals surface area contributed by atoms with Crippen LogP contribution in [0.1, 0.15) is 12.5 Å². The van der Waals surface area contributed by atoms with Crippen molar-refractivity contribution >= 4 is 5.97 Å². The van der Waals surface area contributed by atoms with Gasteiger partial charge in [0.15, 0.2) is 0 Å². The average molecular weight is 272 g/mol. The highest BCUT2D eigenvalue weighted by Gasteiger charge is 2.02. The van der Waals surface area contributed by atoms with E-state index in [0.717, 1.165) is 11.3 Å². The minimum atomic E-state index is -0.842. The standard InChI is InChI=1S/C16H16O4/c1-2-19-13-7-9-15(10-8-13)20-14-5-3-12(4-6-14)11-16(17)18/h3-10H,2,11H2,1H3,(H,17,18). The summed E-state index contributed by atoms with van der Waals surface area (Å²) >= 11 is 0. The highest BCUT2D eigenvalue weighted by Crippen LogP contribution is 2.24. The molecule has 0 aliphatic heterocycles. The van der Waals surface area contributed by atoms with Gasteiger partial charge in [-0.3, -0.25) is 4.79 Å². The van der Waals surface area contributed by atoms with Crippen LogP contribution in [0.2, 0.25) is 0 Å². The fraction of sp³-hybridized carbons (Fsp3) is 0.188. The number of aliphatic carboxylic acids is 1. The number of carboxylic acids is 1. The number of carboxylic acid groups (broad SMARTS) is 1. The molecule has 2 aromatic rings. The Kier molecular flexibility index (Phi) is 4.60. The molecule has 0 amide bonds. The Morgan fingerprint density at radius 2 is 1.45 bits per heavy atom. The molecule has 0 saturated carbocycles. The van der Waals surface area contributed by atoms with E-state index in [1.807, 2.05) is 31.2 Å². The lowest BCUT2D eigenvalue weighted by Gasteiger charge is -2.07. The molecule has 0 aliphatic carbocycles. The van der Waals surface area contributed by atoms with E-state index >= 15 is 0 Å². The van der Waals surface area contributed by atoms with Crippen molar-refractivity contribution in [2.75, 3.05) is 6.61 Å². The second-order valence-corrected chi connectivity index (χ2v) is 4.22. The summed E-state index contributed by atoms with van der Waals surface area (Å²) in [5.74, 6) is 1.34. The Hall–Kier alpha value is -2.49. The molecule has 1 N–H and O–H groups in total. The molecular weight excluding hydrogens is 256 g/mol. The van der Waals surface area contributed by atoms with Crippen LogP contribution < -0.4 is 9.47 Å². The van der Waals surface area contributed by atoms with E-state index in [2.05, 4.69) is 0 Å². The molecule has 104 valence electrons. The maximum Gasteiger partial charge on any atom is 0.307 e. The highest BCUT2D eigenvalue weighted by atomic mass is 16.5. The lowest BCUT2D eigenvalue weighted by Crippen LogP contribution is -1.99. The number of carbonyl (C=O) groups is 1. The Labute approximate surface area is 117 Å². The normalized spacial score (nSPS) is 10.1. The van der Waals surface area contributed by atoms with E-state index < -0.39 is 5.97 Å². The predicted octanol–water partition coefficient (Wildman–Crippen LogP) is 3.50. The first-order chi connectivity index (χ1) is 9.67. The molecule has 2 aromatic carbocycles. The summed E-state index contributed by atoms with van der Waals surface area (Å²) in [5.41, 5.74) is 0.747. The third-order valence-corrected chi connectivity index (χ3v) is 2.65. The van der Waals surface area contributed by atoms with Gasteiger partial charge in [0.05, 0.1) is 13.0 Å². The van der Waals surface area contributed by atoms with E-state index in [9.17, 15) is 4.79 Å². The van der Waals surface area contributed by atoms with E-state index in [-0.39, 0.29) is 6.42 Å². The van der Waals surface area contributed by atoms with Crippen LogP contribution in [0.5, 0.6) is 17.2 Å². The molecule has 0 fully saturated rings.